The van der Waals surface area contributed by atoms with Crippen molar-refractivity contribution in [3.63, 3.8) is 0 Å². The molecule has 0 saturated carbocycles. The first-order valence-corrected chi connectivity index (χ1v) is 12.1. The Morgan fingerprint density at radius 3 is 2.50 bits per heavy atom. The van der Waals surface area contributed by atoms with Crippen LogP contribution in [0, 0.1) is 0 Å². The Bertz CT molecular complexity index is 1160. The monoisotopic (exact) mass is 498 g/mol. The fourth-order valence-corrected chi connectivity index (χ4v) is 5.30. The topological polar surface area (TPSA) is 62.2 Å². The molecule has 178 valence electrons. The van der Waals surface area contributed by atoms with Crippen molar-refractivity contribution in [2.24, 2.45) is 0 Å². The van der Waals surface area contributed by atoms with E-state index in [1.165, 1.54) is 11.8 Å². The van der Waals surface area contributed by atoms with Crippen molar-refractivity contribution < 1.29 is 19.4 Å². The molecular formula is C26H27ClN2O4S. The molecule has 34 heavy (non-hydrogen) atoms. The number of para-hydroxylation sites is 1. The van der Waals surface area contributed by atoms with Crippen molar-refractivity contribution in [3.05, 3.63) is 77.3 Å². The number of halogens is 1. The number of carbonyl (C=O) groups excluding carboxylic acids is 1. The normalized spacial score (nSPS) is 17.9. The number of hydrogen-bond acceptors (Lipinski definition) is 6. The van der Waals surface area contributed by atoms with Crippen LogP contribution >= 0.6 is 23.4 Å². The average molecular weight is 499 g/mol. The molecule has 8 heteroatoms. The predicted molar refractivity (Wildman–Crippen MR) is 136 cm³/mol. The number of aliphatic hydroxyl groups excluding tert-OH is 1. The van der Waals surface area contributed by atoms with Crippen molar-refractivity contribution >= 4 is 35.0 Å². The van der Waals surface area contributed by atoms with Crippen molar-refractivity contribution in [2.75, 3.05) is 39.2 Å². The number of ether oxygens (including phenoxy) is 2. The molecule has 3 aromatic carbocycles. The van der Waals surface area contributed by atoms with Gasteiger partial charge in [-0.2, -0.15) is 0 Å². The van der Waals surface area contributed by atoms with Crippen LogP contribution in [0.25, 0.3) is 0 Å². The summed E-state index contributed by atoms with van der Waals surface area (Å²) in [6.07, 6.45) is -1.25. The van der Waals surface area contributed by atoms with E-state index in [2.05, 4.69) is 0 Å². The van der Waals surface area contributed by atoms with Gasteiger partial charge >= 0.3 is 0 Å². The van der Waals surface area contributed by atoms with Gasteiger partial charge in [0.1, 0.15) is 23.4 Å². The number of fused-ring (bicyclic) bond motifs is 1. The molecule has 0 radical (unpaired) electrons. The van der Waals surface area contributed by atoms with Crippen LogP contribution in [0.1, 0.15) is 10.8 Å². The smallest absolute Gasteiger partial charge is 0.257 e. The third-order valence-electron chi connectivity index (χ3n) is 5.54. The van der Waals surface area contributed by atoms with Crippen LogP contribution in [0.5, 0.6) is 17.2 Å². The molecule has 0 saturated heterocycles. The summed E-state index contributed by atoms with van der Waals surface area (Å²) in [6.45, 7) is 1.11. The van der Waals surface area contributed by atoms with Gasteiger partial charge < -0.3 is 24.4 Å². The second kappa shape index (κ2) is 10.7. The van der Waals surface area contributed by atoms with E-state index in [0.29, 0.717) is 29.6 Å². The number of hydrogen-bond donors (Lipinski definition) is 1. The number of rotatable bonds is 7. The van der Waals surface area contributed by atoms with Gasteiger partial charge in [-0.15, -0.1) is 11.8 Å². The van der Waals surface area contributed by atoms with Crippen LogP contribution in [0.2, 0.25) is 5.02 Å². The maximum Gasteiger partial charge on any atom is 0.257 e. The molecule has 0 bridgehead atoms. The first-order valence-electron chi connectivity index (χ1n) is 10.9. The lowest BCUT2D eigenvalue weighted by Gasteiger charge is -2.26. The van der Waals surface area contributed by atoms with Gasteiger partial charge in [-0.3, -0.25) is 4.79 Å². The predicted octanol–water partition coefficient (Wildman–Crippen LogP) is 5.24. The number of thioether (sulfide) groups is 1. The number of carbonyl (C=O) groups is 1. The molecule has 4 rings (SSSR count). The van der Waals surface area contributed by atoms with Crippen molar-refractivity contribution in [1.29, 1.82) is 0 Å². The largest absolute Gasteiger partial charge is 0.495 e. The summed E-state index contributed by atoms with van der Waals surface area (Å²) >= 11 is 7.79. The van der Waals surface area contributed by atoms with Gasteiger partial charge in [-0.1, -0.05) is 35.9 Å². The summed E-state index contributed by atoms with van der Waals surface area (Å²) < 4.78 is 11.3. The van der Waals surface area contributed by atoms with E-state index in [-0.39, 0.29) is 5.91 Å². The Kier molecular flexibility index (Phi) is 7.68. The second-order valence-corrected chi connectivity index (χ2v) is 9.81. The first kappa shape index (κ1) is 24.4. The van der Waals surface area contributed by atoms with Crippen molar-refractivity contribution in [1.82, 2.24) is 4.90 Å². The third-order valence-corrected chi connectivity index (χ3v) is 7.20. The van der Waals surface area contributed by atoms with Gasteiger partial charge in [0.2, 0.25) is 0 Å². The molecule has 1 aliphatic heterocycles. The minimum atomic E-state index is -1.25. The highest BCUT2D eigenvalue weighted by molar-refractivity contribution is 7.99. The lowest BCUT2D eigenvalue weighted by Crippen LogP contribution is -2.43. The molecule has 0 aliphatic carbocycles. The minimum Gasteiger partial charge on any atom is -0.495 e. The number of likely N-dealkylation sites (N-methyl/N-ethyl adjacent to an activating group) is 1. The highest BCUT2D eigenvalue weighted by Gasteiger charge is 2.37. The quantitative estimate of drug-likeness (QED) is 0.480. The SMILES string of the molecule is COc1ccc([C@@H]2Sc3cc(Oc4ccccc4)ccc3N(CCN(C)C)C(=O)[C@@H]2O)cc1Cl. The zero-order valence-electron chi connectivity index (χ0n) is 19.3. The molecule has 1 amide bonds. The molecule has 0 spiro atoms. The first-order chi connectivity index (χ1) is 16.4. The van der Waals surface area contributed by atoms with Crippen molar-refractivity contribution in [3.8, 4) is 17.2 Å². The molecule has 1 N–H and O–H groups in total. The van der Waals surface area contributed by atoms with Crippen LogP contribution in [-0.2, 0) is 4.79 Å². The van der Waals surface area contributed by atoms with E-state index in [4.69, 9.17) is 21.1 Å². The molecule has 2 atom stereocenters. The lowest BCUT2D eigenvalue weighted by atomic mass is 10.1. The number of benzene rings is 3. The molecular weight excluding hydrogens is 472 g/mol. The minimum absolute atomic E-state index is 0.346. The summed E-state index contributed by atoms with van der Waals surface area (Å²) in [5.74, 6) is 1.57. The third kappa shape index (κ3) is 5.33. The Balaban J connectivity index is 1.74. The standard InChI is InChI=1S/C26H27ClN2O4S/c1-28(2)13-14-29-21-11-10-19(33-18-7-5-4-6-8-18)16-23(21)34-25(24(30)26(29)31)17-9-12-22(32-3)20(27)15-17/h4-12,15-16,24-25,30H,13-14H2,1-3H3/t24-,25+/m1/s1. The van der Waals surface area contributed by atoms with E-state index in [0.717, 1.165) is 21.9 Å². The highest BCUT2D eigenvalue weighted by Crippen LogP contribution is 2.48. The van der Waals surface area contributed by atoms with E-state index in [1.807, 2.05) is 73.6 Å². The van der Waals surface area contributed by atoms with E-state index in [1.54, 1.807) is 24.1 Å². The van der Waals surface area contributed by atoms with Crippen LogP contribution in [0.3, 0.4) is 0 Å². The van der Waals surface area contributed by atoms with Crippen LogP contribution < -0.4 is 14.4 Å². The number of aliphatic hydroxyl groups is 1. The Morgan fingerprint density at radius 1 is 1.06 bits per heavy atom. The van der Waals surface area contributed by atoms with Gasteiger partial charge in [-0.25, -0.2) is 0 Å². The second-order valence-electron chi connectivity index (χ2n) is 8.22. The fraction of sp³-hybridized carbons (Fsp3) is 0.269. The summed E-state index contributed by atoms with van der Waals surface area (Å²) in [5, 5.41) is 11.0. The van der Waals surface area contributed by atoms with E-state index < -0.39 is 11.4 Å². The zero-order chi connectivity index (χ0) is 24.2. The molecule has 1 aliphatic rings. The number of nitrogens with zero attached hydrogens (tertiary/aromatic N) is 2. The lowest BCUT2D eigenvalue weighted by molar-refractivity contribution is -0.126. The molecule has 0 aromatic heterocycles. The summed E-state index contributed by atoms with van der Waals surface area (Å²) in [6, 6.07) is 20.5. The van der Waals surface area contributed by atoms with Crippen LogP contribution in [0.15, 0.2) is 71.6 Å². The fourth-order valence-electron chi connectivity index (χ4n) is 3.75. The van der Waals surface area contributed by atoms with Gasteiger partial charge in [0.25, 0.3) is 5.91 Å². The van der Waals surface area contributed by atoms with Gasteiger partial charge in [-0.05, 0) is 62.1 Å². The van der Waals surface area contributed by atoms with Gasteiger partial charge in [0.05, 0.1) is 23.1 Å². The molecule has 3 aromatic rings. The molecule has 1 heterocycles. The maximum absolute atomic E-state index is 13.4. The van der Waals surface area contributed by atoms with Gasteiger partial charge in [0, 0.05) is 18.0 Å². The van der Waals surface area contributed by atoms with Gasteiger partial charge in [0.15, 0.2) is 0 Å². The number of methoxy groups -OCH3 is 1. The Morgan fingerprint density at radius 2 is 1.82 bits per heavy atom. The maximum atomic E-state index is 13.4. The van der Waals surface area contributed by atoms with Crippen molar-refractivity contribution in [2.45, 2.75) is 16.2 Å². The molecule has 0 unspecified atom stereocenters. The van der Waals surface area contributed by atoms with E-state index >= 15 is 0 Å². The summed E-state index contributed by atoms with van der Waals surface area (Å²) in [5.41, 5.74) is 1.49. The average Bonchev–Trinajstić information content (AvgIpc) is 2.93. The van der Waals surface area contributed by atoms with E-state index in [9.17, 15) is 9.90 Å². The Hall–Kier alpha value is -2.71. The van der Waals surface area contributed by atoms with Crippen LogP contribution in [0.4, 0.5) is 5.69 Å². The molecule has 6 nitrogen and oxygen atoms in total. The zero-order valence-corrected chi connectivity index (χ0v) is 20.8. The number of amides is 1. The summed E-state index contributed by atoms with van der Waals surface area (Å²) in [4.78, 5) is 17.9. The van der Waals surface area contributed by atoms with Crippen LogP contribution in [-0.4, -0.2) is 56.3 Å². The highest BCUT2D eigenvalue weighted by atomic mass is 35.5. The summed E-state index contributed by atoms with van der Waals surface area (Å²) in [7, 11) is 5.45. The number of anilines is 1. The molecule has 0 fully saturated rings. The Labute approximate surface area is 209 Å².